The van der Waals surface area contributed by atoms with Gasteiger partial charge in [-0.1, -0.05) is 0 Å². The van der Waals surface area contributed by atoms with Gasteiger partial charge in [0, 0.05) is 24.5 Å². The number of rotatable bonds is 3. The Balaban J connectivity index is 2.07. The minimum atomic E-state index is -1.08. The monoisotopic (exact) mass is 283 g/mol. The predicted octanol–water partition coefficient (Wildman–Crippen LogP) is 1.99. The number of anilines is 1. The van der Waals surface area contributed by atoms with Gasteiger partial charge < -0.3 is 20.3 Å². The summed E-state index contributed by atoms with van der Waals surface area (Å²) in [4.78, 5) is 27.5. The maximum absolute atomic E-state index is 12.1. The number of aryl methyl sites for hydroxylation is 1. The van der Waals surface area contributed by atoms with Crippen LogP contribution in [0.4, 0.5) is 10.5 Å². The molecular formula is C12H17N3O3S. The van der Waals surface area contributed by atoms with Crippen LogP contribution in [0, 0.1) is 6.92 Å². The van der Waals surface area contributed by atoms with Gasteiger partial charge in [0.2, 0.25) is 0 Å². The highest BCUT2D eigenvalue weighted by Gasteiger charge is 2.25. The fourth-order valence-electron chi connectivity index (χ4n) is 2.05. The third-order valence-electron chi connectivity index (χ3n) is 3.18. The first-order chi connectivity index (χ1) is 8.99. The molecule has 7 heteroatoms. The fraction of sp³-hybridized carbons (Fsp3) is 0.500. The summed E-state index contributed by atoms with van der Waals surface area (Å²) >= 11 is 1.82. The first-order valence-electron chi connectivity index (χ1n) is 6.03. The van der Waals surface area contributed by atoms with Crippen LogP contribution < -0.4 is 5.32 Å². The minimum absolute atomic E-state index is 0.0139. The highest BCUT2D eigenvalue weighted by molar-refractivity contribution is 7.99. The first-order valence-corrected chi connectivity index (χ1v) is 7.19. The van der Waals surface area contributed by atoms with Crippen LogP contribution in [0.3, 0.4) is 0 Å². The van der Waals surface area contributed by atoms with Crippen molar-refractivity contribution in [2.75, 3.05) is 23.9 Å². The Morgan fingerprint density at radius 2 is 2.32 bits per heavy atom. The topological polar surface area (TPSA) is 85.4 Å². The Morgan fingerprint density at radius 3 is 2.89 bits per heavy atom. The van der Waals surface area contributed by atoms with E-state index in [2.05, 4.69) is 10.3 Å². The number of hydrogen-bond donors (Lipinski definition) is 3. The number of urea groups is 1. The van der Waals surface area contributed by atoms with E-state index in [0.717, 1.165) is 17.9 Å². The number of nitrogens with zero attached hydrogens (tertiary/aromatic N) is 1. The number of amides is 2. The van der Waals surface area contributed by atoms with Crippen LogP contribution in [0.5, 0.6) is 0 Å². The molecule has 1 aromatic rings. The number of H-pyrrole nitrogens is 1. The number of aromatic nitrogens is 1. The SMILES string of the molecule is Cc1cc(NC(=O)N(C)C2CCSC2)c(C(=O)O)[nH]1. The minimum Gasteiger partial charge on any atom is -0.477 e. The number of carbonyl (C=O) groups is 2. The molecule has 0 bridgehead atoms. The van der Waals surface area contributed by atoms with Gasteiger partial charge in [-0.3, -0.25) is 0 Å². The largest absolute Gasteiger partial charge is 0.477 e. The van der Waals surface area contributed by atoms with Gasteiger partial charge >= 0.3 is 12.0 Å². The summed E-state index contributed by atoms with van der Waals surface area (Å²) in [5, 5.41) is 11.7. The molecule has 1 fully saturated rings. The quantitative estimate of drug-likeness (QED) is 0.792. The van der Waals surface area contributed by atoms with E-state index in [1.54, 1.807) is 24.9 Å². The van der Waals surface area contributed by atoms with Crippen molar-refractivity contribution < 1.29 is 14.7 Å². The summed E-state index contributed by atoms with van der Waals surface area (Å²) in [6.07, 6.45) is 0.979. The van der Waals surface area contributed by atoms with Crippen molar-refractivity contribution in [3.63, 3.8) is 0 Å². The number of carboxylic acid groups (broad SMARTS) is 1. The molecule has 1 aliphatic rings. The highest BCUT2D eigenvalue weighted by Crippen LogP contribution is 2.23. The molecule has 2 heterocycles. The average molecular weight is 283 g/mol. The van der Waals surface area contributed by atoms with Crippen molar-refractivity contribution in [2.45, 2.75) is 19.4 Å². The number of hydrogen-bond acceptors (Lipinski definition) is 3. The molecule has 1 aromatic heterocycles. The molecule has 0 aromatic carbocycles. The highest BCUT2D eigenvalue weighted by atomic mass is 32.2. The second-order valence-corrected chi connectivity index (χ2v) is 5.75. The van der Waals surface area contributed by atoms with E-state index in [4.69, 9.17) is 5.11 Å². The lowest BCUT2D eigenvalue weighted by Gasteiger charge is -2.23. The van der Waals surface area contributed by atoms with Crippen LogP contribution in [-0.4, -0.2) is 51.6 Å². The predicted molar refractivity (Wildman–Crippen MR) is 75.0 cm³/mol. The lowest BCUT2D eigenvalue weighted by Crippen LogP contribution is -2.40. The molecule has 1 saturated heterocycles. The molecule has 2 amide bonds. The zero-order valence-corrected chi connectivity index (χ0v) is 11.7. The number of aromatic amines is 1. The Kier molecular flexibility index (Phi) is 4.04. The first kappa shape index (κ1) is 13.8. The van der Waals surface area contributed by atoms with E-state index in [-0.39, 0.29) is 17.8 Å². The van der Waals surface area contributed by atoms with E-state index in [1.165, 1.54) is 0 Å². The Bertz CT molecular complexity index is 494. The zero-order chi connectivity index (χ0) is 14.0. The van der Waals surface area contributed by atoms with Gasteiger partial charge in [-0.05, 0) is 25.2 Å². The molecule has 6 nitrogen and oxygen atoms in total. The van der Waals surface area contributed by atoms with Crippen molar-refractivity contribution in [3.05, 3.63) is 17.5 Å². The number of carboxylic acids is 1. The summed E-state index contributed by atoms with van der Waals surface area (Å²) in [6.45, 7) is 1.75. The Labute approximate surface area is 115 Å². The maximum atomic E-state index is 12.1. The van der Waals surface area contributed by atoms with Crippen molar-refractivity contribution in [3.8, 4) is 0 Å². The second-order valence-electron chi connectivity index (χ2n) is 4.60. The molecule has 0 saturated carbocycles. The molecule has 104 valence electrons. The van der Waals surface area contributed by atoms with Crippen LogP contribution in [0.15, 0.2) is 6.07 Å². The molecule has 1 atom stereocenters. The molecule has 0 radical (unpaired) electrons. The summed E-state index contributed by atoms with van der Waals surface area (Å²) in [5.41, 5.74) is 1.03. The second kappa shape index (κ2) is 5.56. The average Bonchev–Trinajstić information content (AvgIpc) is 2.97. The number of carbonyl (C=O) groups excluding carboxylic acids is 1. The summed E-state index contributed by atoms with van der Waals surface area (Å²) in [6, 6.07) is 1.57. The summed E-state index contributed by atoms with van der Waals surface area (Å²) in [7, 11) is 1.74. The molecule has 2 rings (SSSR count). The van der Waals surface area contributed by atoms with E-state index in [9.17, 15) is 9.59 Å². The molecule has 0 aliphatic carbocycles. The van der Waals surface area contributed by atoms with Crippen molar-refractivity contribution in [1.82, 2.24) is 9.88 Å². The lowest BCUT2D eigenvalue weighted by molar-refractivity contribution is 0.0692. The van der Waals surface area contributed by atoms with Crippen molar-refractivity contribution >= 4 is 29.4 Å². The van der Waals surface area contributed by atoms with Gasteiger partial charge in [-0.15, -0.1) is 0 Å². The third-order valence-corrected chi connectivity index (χ3v) is 4.33. The summed E-state index contributed by atoms with van der Waals surface area (Å²) < 4.78 is 0. The number of aromatic carboxylic acids is 1. The normalized spacial score (nSPS) is 18.3. The Hall–Kier alpha value is -1.63. The van der Waals surface area contributed by atoms with Crippen molar-refractivity contribution in [1.29, 1.82) is 0 Å². The molecule has 19 heavy (non-hydrogen) atoms. The van der Waals surface area contributed by atoms with Gasteiger partial charge in [0.25, 0.3) is 0 Å². The maximum Gasteiger partial charge on any atom is 0.354 e. The molecule has 3 N–H and O–H groups in total. The van der Waals surface area contributed by atoms with Gasteiger partial charge in [0.05, 0.1) is 5.69 Å². The van der Waals surface area contributed by atoms with Gasteiger partial charge in [-0.25, -0.2) is 9.59 Å². The number of thioether (sulfide) groups is 1. The van der Waals surface area contributed by atoms with Gasteiger partial charge in [0.15, 0.2) is 0 Å². The molecule has 0 spiro atoms. The molecule has 1 aliphatic heterocycles. The third kappa shape index (κ3) is 3.04. The zero-order valence-electron chi connectivity index (χ0n) is 10.9. The van der Waals surface area contributed by atoms with E-state index in [0.29, 0.717) is 11.4 Å². The molecule has 1 unspecified atom stereocenters. The van der Waals surface area contributed by atoms with Crippen LogP contribution in [0.2, 0.25) is 0 Å². The number of nitrogens with one attached hydrogen (secondary N) is 2. The lowest BCUT2D eigenvalue weighted by atomic mass is 10.2. The smallest absolute Gasteiger partial charge is 0.354 e. The fourth-order valence-corrected chi connectivity index (χ4v) is 3.32. The van der Waals surface area contributed by atoms with Crippen LogP contribution in [0.1, 0.15) is 22.6 Å². The standard InChI is InChI=1S/C12H17N3O3S/c1-7-5-9(10(13-7)11(16)17)14-12(18)15(2)8-3-4-19-6-8/h5,8,13H,3-4,6H2,1-2H3,(H,14,18)(H,16,17). The van der Waals surface area contributed by atoms with Gasteiger partial charge in [0.1, 0.15) is 5.69 Å². The van der Waals surface area contributed by atoms with E-state index >= 15 is 0 Å². The van der Waals surface area contributed by atoms with Crippen LogP contribution in [-0.2, 0) is 0 Å². The van der Waals surface area contributed by atoms with E-state index < -0.39 is 5.97 Å². The summed E-state index contributed by atoms with van der Waals surface area (Å²) in [5.74, 6) is 0.913. The van der Waals surface area contributed by atoms with E-state index in [1.807, 2.05) is 11.8 Å². The van der Waals surface area contributed by atoms with Crippen LogP contribution in [0.25, 0.3) is 0 Å². The Morgan fingerprint density at radius 1 is 1.58 bits per heavy atom. The van der Waals surface area contributed by atoms with Crippen molar-refractivity contribution in [2.24, 2.45) is 0 Å². The van der Waals surface area contributed by atoms with Gasteiger partial charge in [-0.2, -0.15) is 11.8 Å². The molecular weight excluding hydrogens is 266 g/mol. The van der Waals surface area contributed by atoms with Crippen LogP contribution >= 0.6 is 11.8 Å².